The third-order valence-corrected chi connectivity index (χ3v) is 3.07. The van der Waals surface area contributed by atoms with Crippen molar-refractivity contribution in [3.05, 3.63) is 35.4 Å². The van der Waals surface area contributed by atoms with Crippen LogP contribution in [0.4, 0.5) is 0 Å². The Balaban J connectivity index is 2.09. The molecular weight excluding hydrogens is 242 g/mol. The summed E-state index contributed by atoms with van der Waals surface area (Å²) in [6, 6.07) is 0. The Morgan fingerprint density at radius 3 is 2.68 bits per heavy atom. The molecule has 2 rings (SSSR count). The number of amides is 1. The summed E-state index contributed by atoms with van der Waals surface area (Å²) < 4.78 is 3.51. The van der Waals surface area contributed by atoms with E-state index in [1.165, 1.54) is 0 Å². The van der Waals surface area contributed by atoms with Gasteiger partial charge in [0.1, 0.15) is 0 Å². The average Bonchev–Trinajstić information content (AvgIpc) is 2.95. The minimum Gasteiger partial charge on any atom is -0.337 e. The highest BCUT2D eigenvalue weighted by Crippen LogP contribution is 2.10. The Bertz CT molecular complexity index is 584. The molecule has 2 heterocycles. The summed E-state index contributed by atoms with van der Waals surface area (Å²) in [7, 11) is 3.67. The van der Waals surface area contributed by atoms with E-state index in [1.807, 2.05) is 27.1 Å². The highest BCUT2D eigenvalue weighted by molar-refractivity contribution is 5.93. The van der Waals surface area contributed by atoms with E-state index in [0.717, 1.165) is 17.8 Å². The van der Waals surface area contributed by atoms with Gasteiger partial charge >= 0.3 is 0 Å². The van der Waals surface area contributed by atoms with Crippen LogP contribution in [0.25, 0.3) is 0 Å². The lowest BCUT2D eigenvalue weighted by molar-refractivity contribution is 0.0785. The summed E-state index contributed by atoms with van der Waals surface area (Å²) in [5.41, 5.74) is 2.62. The maximum Gasteiger partial charge on any atom is 0.257 e. The van der Waals surface area contributed by atoms with E-state index in [2.05, 4.69) is 10.2 Å². The maximum absolute atomic E-state index is 12.2. The number of carbonyl (C=O) groups is 1. The van der Waals surface area contributed by atoms with Gasteiger partial charge in [0.2, 0.25) is 0 Å². The first kappa shape index (κ1) is 13.3. The predicted molar refractivity (Wildman–Crippen MR) is 71.6 cm³/mol. The third-order valence-electron chi connectivity index (χ3n) is 3.07. The van der Waals surface area contributed by atoms with Crippen molar-refractivity contribution in [3.8, 4) is 0 Å². The second-order valence-electron chi connectivity index (χ2n) is 4.66. The molecule has 0 saturated heterocycles. The maximum atomic E-state index is 12.2. The molecule has 0 aliphatic heterocycles. The Hall–Kier alpha value is -2.11. The van der Waals surface area contributed by atoms with Crippen LogP contribution in [0.2, 0.25) is 0 Å². The van der Waals surface area contributed by atoms with Gasteiger partial charge in [0, 0.05) is 45.1 Å². The van der Waals surface area contributed by atoms with Gasteiger partial charge in [0.05, 0.1) is 17.5 Å². The standard InChI is InChI=1S/C13H19N5O/c1-5-18-9-11(6-14-18)13(19)16(3)7-12-8-17(4)15-10(12)2/h6,8-9H,5,7H2,1-4H3. The zero-order valence-electron chi connectivity index (χ0n) is 11.8. The van der Waals surface area contributed by atoms with Crippen LogP contribution < -0.4 is 0 Å². The van der Waals surface area contributed by atoms with Crippen molar-refractivity contribution < 1.29 is 4.79 Å². The van der Waals surface area contributed by atoms with E-state index in [-0.39, 0.29) is 5.91 Å². The van der Waals surface area contributed by atoms with Crippen molar-refractivity contribution in [3.63, 3.8) is 0 Å². The molecule has 6 heteroatoms. The van der Waals surface area contributed by atoms with Crippen molar-refractivity contribution in [1.29, 1.82) is 0 Å². The van der Waals surface area contributed by atoms with Gasteiger partial charge in [-0.25, -0.2) is 0 Å². The van der Waals surface area contributed by atoms with Gasteiger partial charge in [-0.1, -0.05) is 0 Å². The van der Waals surface area contributed by atoms with Crippen molar-refractivity contribution >= 4 is 5.91 Å². The third kappa shape index (κ3) is 2.83. The van der Waals surface area contributed by atoms with E-state index in [1.54, 1.807) is 33.7 Å². The number of nitrogens with zero attached hydrogens (tertiary/aromatic N) is 5. The number of rotatable bonds is 4. The van der Waals surface area contributed by atoms with Gasteiger partial charge in [0.25, 0.3) is 5.91 Å². The minimum atomic E-state index is -0.0250. The molecule has 19 heavy (non-hydrogen) atoms. The van der Waals surface area contributed by atoms with Gasteiger partial charge in [-0.3, -0.25) is 14.2 Å². The van der Waals surface area contributed by atoms with Crippen LogP contribution >= 0.6 is 0 Å². The van der Waals surface area contributed by atoms with Gasteiger partial charge in [0.15, 0.2) is 0 Å². The molecule has 0 aliphatic rings. The van der Waals surface area contributed by atoms with Crippen LogP contribution in [0.15, 0.2) is 18.6 Å². The normalized spacial score (nSPS) is 10.7. The Morgan fingerprint density at radius 1 is 1.42 bits per heavy atom. The first-order chi connectivity index (χ1) is 9.01. The quantitative estimate of drug-likeness (QED) is 0.831. The molecule has 0 aliphatic carbocycles. The molecule has 0 radical (unpaired) electrons. The summed E-state index contributed by atoms with van der Waals surface area (Å²) in [5.74, 6) is -0.0250. The molecule has 6 nitrogen and oxygen atoms in total. The molecule has 0 saturated carbocycles. The van der Waals surface area contributed by atoms with E-state index < -0.39 is 0 Å². The lowest BCUT2D eigenvalue weighted by atomic mass is 10.2. The summed E-state index contributed by atoms with van der Waals surface area (Å²) in [4.78, 5) is 13.9. The van der Waals surface area contributed by atoms with E-state index in [0.29, 0.717) is 12.1 Å². The van der Waals surface area contributed by atoms with Gasteiger partial charge in [-0.15, -0.1) is 0 Å². The van der Waals surface area contributed by atoms with Gasteiger partial charge < -0.3 is 4.90 Å². The highest BCUT2D eigenvalue weighted by atomic mass is 16.2. The number of hydrogen-bond acceptors (Lipinski definition) is 3. The fourth-order valence-electron chi connectivity index (χ4n) is 2.00. The molecule has 2 aromatic heterocycles. The molecule has 0 atom stereocenters. The largest absolute Gasteiger partial charge is 0.337 e. The van der Waals surface area contributed by atoms with Crippen molar-refractivity contribution in [2.75, 3.05) is 7.05 Å². The Kier molecular flexibility index (Phi) is 3.69. The molecule has 0 aromatic carbocycles. The molecule has 0 bridgehead atoms. The molecule has 0 spiro atoms. The number of carbonyl (C=O) groups excluding carboxylic acids is 1. The number of aromatic nitrogens is 4. The van der Waals surface area contributed by atoms with Crippen LogP contribution in [0.3, 0.4) is 0 Å². The Morgan fingerprint density at radius 2 is 2.16 bits per heavy atom. The predicted octanol–water partition coefficient (Wildman–Crippen LogP) is 1.22. The second-order valence-corrected chi connectivity index (χ2v) is 4.66. The second kappa shape index (κ2) is 5.26. The van der Waals surface area contributed by atoms with E-state index in [4.69, 9.17) is 0 Å². The fraction of sp³-hybridized carbons (Fsp3) is 0.462. The van der Waals surface area contributed by atoms with Crippen molar-refractivity contribution in [2.45, 2.75) is 26.9 Å². The monoisotopic (exact) mass is 261 g/mol. The molecule has 102 valence electrons. The average molecular weight is 261 g/mol. The summed E-state index contributed by atoms with van der Waals surface area (Å²) >= 11 is 0. The SMILES string of the molecule is CCn1cc(C(=O)N(C)Cc2cn(C)nc2C)cn1. The summed E-state index contributed by atoms with van der Waals surface area (Å²) in [6.45, 7) is 5.25. The molecule has 0 N–H and O–H groups in total. The molecule has 1 amide bonds. The number of aryl methyl sites for hydroxylation is 3. The zero-order valence-corrected chi connectivity index (χ0v) is 11.8. The Labute approximate surface area is 112 Å². The first-order valence-corrected chi connectivity index (χ1v) is 6.28. The van der Waals surface area contributed by atoms with Crippen LogP contribution in [0.5, 0.6) is 0 Å². The minimum absolute atomic E-state index is 0.0250. The van der Waals surface area contributed by atoms with Gasteiger partial charge in [-0.05, 0) is 13.8 Å². The fourth-order valence-corrected chi connectivity index (χ4v) is 2.00. The van der Waals surface area contributed by atoms with Gasteiger partial charge in [-0.2, -0.15) is 10.2 Å². The van der Waals surface area contributed by atoms with E-state index in [9.17, 15) is 4.79 Å². The lowest BCUT2D eigenvalue weighted by Crippen LogP contribution is -2.26. The highest BCUT2D eigenvalue weighted by Gasteiger charge is 2.15. The van der Waals surface area contributed by atoms with Crippen LogP contribution in [-0.2, 0) is 20.1 Å². The smallest absolute Gasteiger partial charge is 0.257 e. The molecule has 0 fully saturated rings. The summed E-state index contributed by atoms with van der Waals surface area (Å²) in [6.07, 6.45) is 5.32. The van der Waals surface area contributed by atoms with Crippen LogP contribution in [0, 0.1) is 6.92 Å². The molecule has 0 unspecified atom stereocenters. The van der Waals surface area contributed by atoms with Crippen molar-refractivity contribution in [2.24, 2.45) is 7.05 Å². The first-order valence-electron chi connectivity index (χ1n) is 6.28. The topological polar surface area (TPSA) is 56.0 Å². The summed E-state index contributed by atoms with van der Waals surface area (Å²) in [5, 5.41) is 8.40. The van der Waals surface area contributed by atoms with Crippen LogP contribution in [-0.4, -0.2) is 37.4 Å². The van der Waals surface area contributed by atoms with E-state index >= 15 is 0 Å². The zero-order chi connectivity index (χ0) is 14.0. The van der Waals surface area contributed by atoms with Crippen LogP contribution in [0.1, 0.15) is 28.5 Å². The molecular formula is C13H19N5O. The lowest BCUT2D eigenvalue weighted by Gasteiger charge is -2.15. The van der Waals surface area contributed by atoms with Crippen molar-refractivity contribution in [1.82, 2.24) is 24.5 Å². The number of hydrogen-bond donors (Lipinski definition) is 0. The molecule has 2 aromatic rings.